The highest BCUT2D eigenvalue weighted by molar-refractivity contribution is 8.41. The van der Waals surface area contributed by atoms with Crippen LogP contribution in [0, 0.1) is 0 Å². The fourth-order valence-corrected chi connectivity index (χ4v) is 20.4. The van der Waals surface area contributed by atoms with Crippen molar-refractivity contribution in [1.82, 2.24) is 0 Å². The Morgan fingerprint density at radius 3 is 1.04 bits per heavy atom. The van der Waals surface area contributed by atoms with Crippen LogP contribution in [0.2, 0.25) is 0 Å². The molecule has 0 spiro atoms. The molecule has 0 nitrogen and oxygen atoms in total. The molecule has 3 heterocycles. The van der Waals surface area contributed by atoms with Crippen LogP contribution < -0.4 is 0 Å². The van der Waals surface area contributed by atoms with Crippen molar-refractivity contribution in [3.8, 4) is 22.3 Å². The topological polar surface area (TPSA) is 0 Å². The Balaban J connectivity index is 1.31. The summed E-state index contributed by atoms with van der Waals surface area (Å²) in [5.74, 6) is 4.85. The highest BCUT2D eigenvalue weighted by atomic mass is 32.3. The number of hydrogen-bond acceptors (Lipinski definition) is 9. The Morgan fingerprint density at radius 1 is 0.429 bits per heavy atom. The Kier molecular flexibility index (Phi) is 13.5. The van der Waals surface area contributed by atoms with Crippen LogP contribution in [0.4, 0.5) is 0 Å². The molecule has 9 heteroatoms. The zero-order valence-corrected chi connectivity index (χ0v) is 36.1. The summed E-state index contributed by atoms with van der Waals surface area (Å²) >= 11 is 18.7. The molecule has 3 aromatic rings. The third kappa shape index (κ3) is 7.78. The van der Waals surface area contributed by atoms with Crippen molar-refractivity contribution >= 4 is 117 Å². The minimum atomic E-state index is 1.21. The summed E-state index contributed by atoms with van der Waals surface area (Å²) in [5.41, 5.74) is 11.6. The van der Waals surface area contributed by atoms with Crippen LogP contribution in [0.5, 0.6) is 0 Å². The largest absolute Gasteiger partial charge is 0.134 e. The summed E-state index contributed by atoms with van der Waals surface area (Å²) in [6.07, 6.45) is 10.1. The molecule has 0 unspecified atom stereocenters. The van der Waals surface area contributed by atoms with E-state index in [0.717, 1.165) is 0 Å². The molecule has 1 aromatic heterocycles. The summed E-state index contributed by atoms with van der Waals surface area (Å²) in [5, 5.41) is 0. The lowest BCUT2D eigenvalue weighted by Gasteiger charge is -2.09. The van der Waals surface area contributed by atoms with Crippen LogP contribution in [0.3, 0.4) is 0 Å². The van der Waals surface area contributed by atoms with Crippen molar-refractivity contribution in [2.45, 2.75) is 79.1 Å². The van der Waals surface area contributed by atoms with E-state index in [9.17, 15) is 0 Å². The lowest BCUT2D eigenvalue weighted by molar-refractivity contribution is 0.897. The maximum absolute atomic E-state index is 2.39. The number of thiophene rings is 1. The monoisotopic (exact) mass is 812 g/mol. The molecule has 0 radical (unpaired) electrons. The van der Waals surface area contributed by atoms with E-state index < -0.39 is 0 Å². The van der Waals surface area contributed by atoms with Gasteiger partial charge < -0.3 is 0 Å². The first kappa shape index (κ1) is 37.2. The second-order valence-electron chi connectivity index (χ2n) is 12.3. The molecule has 0 bridgehead atoms. The van der Waals surface area contributed by atoms with Gasteiger partial charge in [-0.25, -0.2) is 0 Å². The van der Waals surface area contributed by atoms with Crippen LogP contribution in [-0.2, 0) is 0 Å². The number of fused-ring (bicyclic) bond motifs is 7. The molecule has 0 N–H and O–H groups in total. The summed E-state index contributed by atoms with van der Waals surface area (Å²) in [4.78, 5) is 2.98. The highest BCUT2D eigenvalue weighted by Crippen LogP contribution is 2.68. The van der Waals surface area contributed by atoms with Gasteiger partial charge in [-0.1, -0.05) is 149 Å². The smallest absolute Gasteiger partial charge is 0.0660 e. The Hall–Kier alpha value is -0.1000. The van der Waals surface area contributed by atoms with E-state index in [2.05, 4.69) is 182 Å². The van der Waals surface area contributed by atoms with E-state index in [-0.39, 0.29) is 0 Å². The van der Waals surface area contributed by atoms with Crippen molar-refractivity contribution in [1.29, 1.82) is 0 Å². The van der Waals surface area contributed by atoms with Gasteiger partial charge in [0.05, 0.1) is 25.4 Å². The molecule has 2 aliphatic carbocycles. The minimum Gasteiger partial charge on any atom is -0.134 e. The summed E-state index contributed by atoms with van der Waals surface area (Å²) < 4.78 is 9.13. The second kappa shape index (κ2) is 17.8. The van der Waals surface area contributed by atoms with Gasteiger partial charge in [0.1, 0.15) is 0 Å². The summed E-state index contributed by atoms with van der Waals surface area (Å²) in [6.45, 7) is 9.23. The van der Waals surface area contributed by atoms with Crippen molar-refractivity contribution in [2.75, 3.05) is 23.0 Å². The van der Waals surface area contributed by atoms with E-state index in [1.54, 1.807) is 0 Å². The van der Waals surface area contributed by atoms with Gasteiger partial charge in [0.25, 0.3) is 0 Å². The molecular weight excluding hydrogens is 769 g/mol. The molecule has 4 aliphatic rings. The third-order valence-corrected chi connectivity index (χ3v) is 21.3. The molecule has 0 atom stereocenters. The second-order valence-corrected chi connectivity index (χ2v) is 23.4. The van der Waals surface area contributed by atoms with Gasteiger partial charge in [-0.05, 0) is 70.9 Å². The third-order valence-electron chi connectivity index (χ3n) is 8.70. The van der Waals surface area contributed by atoms with Gasteiger partial charge in [-0.3, -0.25) is 0 Å². The minimum absolute atomic E-state index is 1.21. The molecule has 2 aliphatic heterocycles. The van der Waals surface area contributed by atoms with Gasteiger partial charge in [0.15, 0.2) is 0 Å². The fraction of sp³-hybridized carbons (Fsp3) is 0.400. The maximum atomic E-state index is 2.39. The molecule has 0 saturated carbocycles. The predicted octanol–water partition coefficient (Wildman–Crippen LogP) is 16.5. The predicted molar refractivity (Wildman–Crippen MR) is 241 cm³/mol. The van der Waals surface area contributed by atoms with Crippen molar-refractivity contribution in [3.63, 3.8) is 0 Å². The first-order valence-electron chi connectivity index (χ1n) is 17.7. The lowest BCUT2D eigenvalue weighted by Crippen LogP contribution is -1.84. The molecule has 0 amide bonds. The zero-order chi connectivity index (χ0) is 33.7. The van der Waals surface area contributed by atoms with Crippen molar-refractivity contribution in [2.24, 2.45) is 0 Å². The molecular formula is C40H44S9. The Morgan fingerprint density at radius 2 is 0.735 bits per heavy atom. The highest BCUT2D eigenvalue weighted by Gasteiger charge is 2.41. The SMILES string of the molecule is CCCCSC1=C(SCCCC)SC(=C2c3ccccc3-c3c2sc2c3-c3ccccc3C2=C2SC(SCCCC)=C(SCCCC)S2)S1. The first-order valence-corrected chi connectivity index (χ1v) is 25.8. The van der Waals surface area contributed by atoms with E-state index in [1.807, 2.05) is 0 Å². The quantitative estimate of drug-likeness (QED) is 0.0892. The first-order chi connectivity index (χ1) is 24.2. The normalized spacial score (nSPS) is 16.4. The van der Waals surface area contributed by atoms with Crippen molar-refractivity contribution < 1.29 is 0 Å². The Bertz CT molecular complexity index is 1640. The fourth-order valence-electron chi connectivity index (χ4n) is 6.12. The number of hydrogen-bond donors (Lipinski definition) is 0. The number of rotatable bonds is 16. The van der Waals surface area contributed by atoms with E-state index in [1.165, 1.54) is 154 Å². The van der Waals surface area contributed by atoms with Crippen LogP contribution in [0.1, 0.15) is 99.9 Å². The molecule has 258 valence electrons. The molecule has 0 fully saturated rings. The molecule has 49 heavy (non-hydrogen) atoms. The van der Waals surface area contributed by atoms with Gasteiger partial charge in [0.2, 0.25) is 0 Å². The molecule has 0 saturated heterocycles. The van der Waals surface area contributed by atoms with E-state index in [4.69, 9.17) is 0 Å². The summed E-state index contributed by atoms with van der Waals surface area (Å²) in [6, 6.07) is 18.5. The maximum Gasteiger partial charge on any atom is 0.0660 e. The molecule has 2 aromatic carbocycles. The van der Waals surface area contributed by atoms with Crippen LogP contribution in [0.25, 0.3) is 33.4 Å². The lowest BCUT2D eigenvalue weighted by atomic mass is 9.99. The Labute approximate surface area is 332 Å². The average Bonchev–Trinajstić information content (AvgIpc) is 3.92. The molecule has 7 rings (SSSR count). The standard InChI is InChI=1S/C40H44S9/c1-5-9-21-41-37-38(42-22-10-6-2)47-35(46-37)31-27-19-15-13-17-25(27)29-30-26-18-14-16-20-28(26)32(34(30)45-33(29)31)36-48-39(43-23-11-7-3)40(49-36)44-24-12-8-4/h13-20H,5-12,21-24H2,1-4H3. The van der Waals surface area contributed by atoms with E-state index in [0.29, 0.717) is 0 Å². The number of benzene rings is 2. The number of unbranched alkanes of at least 4 members (excludes halogenated alkanes) is 4. The van der Waals surface area contributed by atoms with Crippen LogP contribution >= 0.6 is 105 Å². The van der Waals surface area contributed by atoms with Crippen LogP contribution in [-0.4, -0.2) is 23.0 Å². The number of thioether (sulfide) groups is 8. The summed E-state index contributed by atoms with van der Waals surface area (Å²) in [7, 11) is 0. The van der Waals surface area contributed by atoms with E-state index >= 15 is 0 Å². The van der Waals surface area contributed by atoms with Gasteiger partial charge in [0, 0.05) is 32.0 Å². The zero-order valence-electron chi connectivity index (χ0n) is 28.8. The van der Waals surface area contributed by atoms with Crippen molar-refractivity contribution in [3.05, 3.63) is 94.8 Å². The van der Waals surface area contributed by atoms with Gasteiger partial charge in [-0.2, -0.15) is 0 Å². The van der Waals surface area contributed by atoms with Gasteiger partial charge in [-0.15, -0.1) is 58.4 Å². The van der Waals surface area contributed by atoms with Gasteiger partial charge >= 0.3 is 0 Å². The average molecular weight is 813 g/mol. The van der Waals surface area contributed by atoms with Crippen LogP contribution in [0.15, 0.2) is 74.0 Å².